The molecule has 0 N–H and O–H groups in total. The van der Waals surface area contributed by atoms with E-state index in [2.05, 4.69) is 4.98 Å². The van der Waals surface area contributed by atoms with E-state index in [0.29, 0.717) is 32.0 Å². The summed E-state index contributed by atoms with van der Waals surface area (Å²) >= 11 is 6.29. The number of amides is 1. The average molecular weight is 386 g/mol. The lowest BCUT2D eigenvalue weighted by atomic mass is 10.1. The van der Waals surface area contributed by atoms with Crippen molar-refractivity contribution in [3.05, 3.63) is 77.2 Å². The summed E-state index contributed by atoms with van der Waals surface area (Å²) in [5.74, 6) is 1.96. The lowest BCUT2D eigenvalue weighted by Gasteiger charge is -2.23. The highest BCUT2D eigenvalue weighted by molar-refractivity contribution is 6.31. The third kappa shape index (κ3) is 5.23. The number of nitrogens with zero attached hydrogens (tertiary/aromatic N) is 3. The van der Waals surface area contributed by atoms with Crippen LogP contribution in [0.25, 0.3) is 0 Å². The number of halogens is 1. The molecule has 0 bridgehead atoms. The Labute approximate surface area is 164 Å². The van der Waals surface area contributed by atoms with Crippen LogP contribution in [-0.4, -0.2) is 20.4 Å². The van der Waals surface area contributed by atoms with Gasteiger partial charge in [-0.3, -0.25) is 4.79 Å². The predicted molar refractivity (Wildman–Crippen MR) is 105 cm³/mol. The van der Waals surface area contributed by atoms with Crippen LogP contribution in [0.15, 0.2) is 59.5 Å². The molecule has 1 aromatic carbocycles. The summed E-state index contributed by atoms with van der Waals surface area (Å²) in [6, 6.07) is 11.5. The number of carbonyl (C=O) groups is 1. The fourth-order valence-electron chi connectivity index (χ4n) is 2.92. The van der Waals surface area contributed by atoms with Gasteiger partial charge in [-0.25, -0.2) is 4.98 Å². The summed E-state index contributed by atoms with van der Waals surface area (Å²) in [6.45, 7) is 5.55. The molecule has 0 aliphatic heterocycles. The number of rotatable bonds is 8. The first-order valence-corrected chi connectivity index (χ1v) is 9.44. The van der Waals surface area contributed by atoms with Gasteiger partial charge in [-0.1, -0.05) is 43.6 Å². The molecule has 0 aliphatic carbocycles. The zero-order valence-electron chi connectivity index (χ0n) is 15.6. The van der Waals surface area contributed by atoms with Crippen LogP contribution in [0.4, 0.5) is 0 Å². The standard InChI is InChI=1S/C21H24ClN3O2/c1-16(2)12-21(26)25(14-18-7-5-11-27-18)15-20-23-9-10-24(20)13-17-6-3-4-8-19(17)22/h3-11,16H,12-15H2,1-2H3. The van der Waals surface area contributed by atoms with Gasteiger partial charge < -0.3 is 13.9 Å². The summed E-state index contributed by atoms with van der Waals surface area (Å²) in [6.07, 6.45) is 5.78. The quantitative estimate of drug-likeness (QED) is 0.562. The van der Waals surface area contributed by atoms with E-state index in [4.69, 9.17) is 16.0 Å². The van der Waals surface area contributed by atoms with E-state index in [9.17, 15) is 4.79 Å². The molecule has 0 aliphatic rings. The Bertz CT molecular complexity index is 871. The van der Waals surface area contributed by atoms with Crippen molar-refractivity contribution in [1.82, 2.24) is 14.5 Å². The van der Waals surface area contributed by atoms with E-state index in [1.54, 1.807) is 17.4 Å². The SMILES string of the molecule is CC(C)CC(=O)N(Cc1ccco1)Cc1nccn1Cc1ccccc1Cl. The van der Waals surface area contributed by atoms with E-state index in [1.807, 2.05) is 61.0 Å². The maximum Gasteiger partial charge on any atom is 0.223 e. The number of carbonyl (C=O) groups excluding carboxylic acids is 1. The molecule has 0 spiro atoms. The predicted octanol–water partition coefficient (Wildman–Crippen LogP) is 4.75. The normalized spacial score (nSPS) is 11.1. The lowest BCUT2D eigenvalue weighted by Crippen LogP contribution is -2.32. The average Bonchev–Trinajstić information content (AvgIpc) is 3.28. The van der Waals surface area contributed by atoms with E-state index < -0.39 is 0 Å². The molecule has 3 aromatic rings. The van der Waals surface area contributed by atoms with Gasteiger partial charge in [0.15, 0.2) is 0 Å². The van der Waals surface area contributed by atoms with E-state index in [0.717, 1.165) is 22.2 Å². The molecule has 142 valence electrons. The van der Waals surface area contributed by atoms with Crippen LogP contribution < -0.4 is 0 Å². The second-order valence-electron chi connectivity index (χ2n) is 6.99. The molecule has 0 saturated carbocycles. The molecule has 0 unspecified atom stereocenters. The second kappa shape index (κ2) is 8.91. The van der Waals surface area contributed by atoms with Gasteiger partial charge in [-0.15, -0.1) is 0 Å². The van der Waals surface area contributed by atoms with Crippen molar-refractivity contribution in [3.63, 3.8) is 0 Å². The van der Waals surface area contributed by atoms with Gasteiger partial charge in [-0.2, -0.15) is 0 Å². The molecular weight excluding hydrogens is 362 g/mol. The fraction of sp³-hybridized carbons (Fsp3) is 0.333. The highest BCUT2D eigenvalue weighted by Gasteiger charge is 2.19. The lowest BCUT2D eigenvalue weighted by molar-refractivity contribution is -0.133. The monoisotopic (exact) mass is 385 g/mol. The van der Waals surface area contributed by atoms with Gasteiger partial charge in [0.2, 0.25) is 5.91 Å². The minimum Gasteiger partial charge on any atom is -0.467 e. The zero-order chi connectivity index (χ0) is 19.2. The maximum absolute atomic E-state index is 12.8. The first kappa shape index (κ1) is 19.2. The highest BCUT2D eigenvalue weighted by Crippen LogP contribution is 2.18. The molecule has 3 rings (SSSR count). The minimum absolute atomic E-state index is 0.0914. The van der Waals surface area contributed by atoms with Crippen LogP contribution in [0, 0.1) is 5.92 Å². The number of hydrogen-bond donors (Lipinski definition) is 0. The van der Waals surface area contributed by atoms with Crippen molar-refractivity contribution in [2.24, 2.45) is 5.92 Å². The molecule has 0 fully saturated rings. The van der Waals surface area contributed by atoms with Gasteiger partial charge in [0.25, 0.3) is 0 Å². The fourth-order valence-corrected chi connectivity index (χ4v) is 3.11. The Morgan fingerprint density at radius 1 is 1.22 bits per heavy atom. The van der Waals surface area contributed by atoms with Gasteiger partial charge in [-0.05, 0) is 29.7 Å². The third-order valence-electron chi connectivity index (χ3n) is 4.29. The highest BCUT2D eigenvalue weighted by atomic mass is 35.5. The van der Waals surface area contributed by atoms with E-state index >= 15 is 0 Å². The van der Waals surface area contributed by atoms with Crippen LogP contribution in [0.3, 0.4) is 0 Å². The molecule has 1 amide bonds. The zero-order valence-corrected chi connectivity index (χ0v) is 16.4. The van der Waals surface area contributed by atoms with Crippen LogP contribution in [-0.2, 0) is 24.4 Å². The summed E-state index contributed by atoms with van der Waals surface area (Å²) < 4.78 is 7.47. The Hall–Kier alpha value is -2.53. The molecule has 2 heterocycles. The molecule has 2 aromatic heterocycles. The number of imidazole rings is 1. The van der Waals surface area contributed by atoms with Crippen molar-refractivity contribution in [3.8, 4) is 0 Å². The Kier molecular flexibility index (Phi) is 6.35. The molecule has 0 saturated heterocycles. The summed E-state index contributed by atoms with van der Waals surface area (Å²) in [4.78, 5) is 19.0. The van der Waals surface area contributed by atoms with Crippen molar-refractivity contribution in [1.29, 1.82) is 0 Å². The van der Waals surface area contributed by atoms with Gasteiger partial charge in [0.05, 0.1) is 25.9 Å². The summed E-state index contributed by atoms with van der Waals surface area (Å²) in [5, 5.41) is 0.723. The van der Waals surface area contributed by atoms with Crippen LogP contribution in [0.5, 0.6) is 0 Å². The van der Waals surface area contributed by atoms with Crippen molar-refractivity contribution < 1.29 is 9.21 Å². The van der Waals surface area contributed by atoms with Gasteiger partial charge in [0.1, 0.15) is 11.6 Å². The maximum atomic E-state index is 12.8. The molecular formula is C21H24ClN3O2. The first-order valence-electron chi connectivity index (χ1n) is 9.06. The Morgan fingerprint density at radius 2 is 2.04 bits per heavy atom. The van der Waals surface area contributed by atoms with Gasteiger partial charge in [0, 0.05) is 23.8 Å². The minimum atomic E-state index is 0.0914. The molecule has 0 radical (unpaired) electrons. The Morgan fingerprint density at radius 3 is 2.74 bits per heavy atom. The Balaban J connectivity index is 1.78. The van der Waals surface area contributed by atoms with Crippen molar-refractivity contribution >= 4 is 17.5 Å². The number of benzene rings is 1. The number of aromatic nitrogens is 2. The third-order valence-corrected chi connectivity index (χ3v) is 4.66. The largest absolute Gasteiger partial charge is 0.467 e. The van der Waals surface area contributed by atoms with Crippen molar-refractivity contribution in [2.45, 2.75) is 39.9 Å². The topological polar surface area (TPSA) is 51.3 Å². The molecule has 6 heteroatoms. The smallest absolute Gasteiger partial charge is 0.223 e. The molecule has 27 heavy (non-hydrogen) atoms. The van der Waals surface area contributed by atoms with Crippen LogP contribution in [0.2, 0.25) is 5.02 Å². The number of hydrogen-bond acceptors (Lipinski definition) is 3. The van der Waals surface area contributed by atoms with Crippen LogP contribution in [0.1, 0.15) is 37.4 Å². The van der Waals surface area contributed by atoms with E-state index in [1.165, 1.54) is 0 Å². The van der Waals surface area contributed by atoms with E-state index in [-0.39, 0.29) is 5.91 Å². The summed E-state index contributed by atoms with van der Waals surface area (Å²) in [5.41, 5.74) is 1.02. The van der Waals surface area contributed by atoms with Crippen LogP contribution >= 0.6 is 11.6 Å². The van der Waals surface area contributed by atoms with Crippen molar-refractivity contribution in [2.75, 3.05) is 0 Å². The number of furan rings is 1. The van der Waals surface area contributed by atoms with Gasteiger partial charge >= 0.3 is 0 Å². The summed E-state index contributed by atoms with van der Waals surface area (Å²) in [7, 11) is 0. The second-order valence-corrected chi connectivity index (χ2v) is 7.40. The first-order chi connectivity index (χ1) is 13.0. The molecule has 0 atom stereocenters. The molecule has 5 nitrogen and oxygen atoms in total.